The zero-order valence-corrected chi connectivity index (χ0v) is 14.3. The topological polar surface area (TPSA) is 37.4 Å². The molecule has 2 fully saturated rings. The van der Waals surface area contributed by atoms with Gasteiger partial charge in [-0.15, -0.1) is 0 Å². The molecule has 0 radical (unpaired) electrons. The molecule has 4 atom stereocenters. The van der Waals surface area contributed by atoms with E-state index in [1.54, 1.807) is 6.07 Å². The Morgan fingerprint density at radius 2 is 1.58 bits per heavy atom. The SMILES string of the molecule is O=S1(=O)c2ccccc2[C@H]2[C@@H](c3ccccc3)[C@@H]3CCCC[C@@H]3N21. The van der Waals surface area contributed by atoms with Crippen molar-refractivity contribution in [2.45, 2.75) is 48.6 Å². The predicted molar refractivity (Wildman–Crippen MR) is 93.1 cm³/mol. The van der Waals surface area contributed by atoms with Crippen molar-refractivity contribution < 1.29 is 8.42 Å². The van der Waals surface area contributed by atoms with Gasteiger partial charge in [0.05, 0.1) is 10.9 Å². The number of fused-ring (bicyclic) bond motifs is 5. The molecule has 2 aliphatic heterocycles. The molecular formula is C20H21NO2S. The third-order valence-corrected chi connectivity index (χ3v) is 8.14. The van der Waals surface area contributed by atoms with E-state index in [0.717, 1.165) is 24.8 Å². The summed E-state index contributed by atoms with van der Waals surface area (Å²) in [5.74, 6) is 0.712. The van der Waals surface area contributed by atoms with E-state index in [2.05, 4.69) is 24.3 Å². The Balaban J connectivity index is 1.74. The van der Waals surface area contributed by atoms with Crippen molar-refractivity contribution in [2.24, 2.45) is 5.92 Å². The number of sulfonamides is 1. The summed E-state index contributed by atoms with van der Waals surface area (Å²) in [5.41, 5.74) is 2.29. The first-order valence-corrected chi connectivity index (χ1v) is 10.3. The van der Waals surface area contributed by atoms with E-state index in [9.17, 15) is 8.42 Å². The number of benzene rings is 2. The fourth-order valence-electron chi connectivity index (χ4n) is 5.31. The van der Waals surface area contributed by atoms with Gasteiger partial charge in [-0.2, -0.15) is 4.31 Å². The lowest BCUT2D eigenvalue weighted by atomic mass is 9.74. The van der Waals surface area contributed by atoms with Crippen LogP contribution < -0.4 is 0 Å². The van der Waals surface area contributed by atoms with Crippen molar-refractivity contribution in [2.75, 3.05) is 0 Å². The quantitative estimate of drug-likeness (QED) is 0.785. The molecule has 1 aliphatic carbocycles. The first kappa shape index (κ1) is 14.7. The van der Waals surface area contributed by atoms with Crippen LogP contribution in [0, 0.1) is 5.92 Å². The highest BCUT2D eigenvalue weighted by atomic mass is 32.2. The van der Waals surface area contributed by atoms with Crippen molar-refractivity contribution in [3.05, 3.63) is 65.7 Å². The Bertz CT molecular complexity index is 878. The van der Waals surface area contributed by atoms with Gasteiger partial charge in [0.1, 0.15) is 0 Å². The third-order valence-electron chi connectivity index (χ3n) is 6.16. The predicted octanol–water partition coefficient (Wildman–Crippen LogP) is 4.09. The summed E-state index contributed by atoms with van der Waals surface area (Å²) >= 11 is 0. The second-order valence-electron chi connectivity index (χ2n) is 7.27. The number of nitrogens with zero attached hydrogens (tertiary/aromatic N) is 1. The van der Waals surface area contributed by atoms with Gasteiger partial charge >= 0.3 is 0 Å². The van der Waals surface area contributed by atoms with Gasteiger partial charge in [-0.05, 0) is 36.0 Å². The molecule has 1 saturated carbocycles. The van der Waals surface area contributed by atoms with Crippen molar-refractivity contribution in [1.29, 1.82) is 0 Å². The van der Waals surface area contributed by atoms with E-state index < -0.39 is 10.0 Å². The smallest absolute Gasteiger partial charge is 0.207 e. The molecule has 4 heteroatoms. The van der Waals surface area contributed by atoms with E-state index in [4.69, 9.17) is 0 Å². The molecule has 3 aliphatic rings. The second-order valence-corrected chi connectivity index (χ2v) is 9.08. The maximum Gasteiger partial charge on any atom is 0.244 e. The summed E-state index contributed by atoms with van der Waals surface area (Å²) in [4.78, 5) is 0.528. The molecule has 2 heterocycles. The zero-order valence-electron chi connectivity index (χ0n) is 13.5. The van der Waals surface area contributed by atoms with Gasteiger partial charge in [-0.25, -0.2) is 8.42 Å². The van der Waals surface area contributed by atoms with Crippen molar-refractivity contribution in [3.63, 3.8) is 0 Å². The van der Waals surface area contributed by atoms with Crippen LogP contribution in [0.25, 0.3) is 0 Å². The lowest BCUT2D eigenvalue weighted by Gasteiger charge is -2.31. The molecule has 0 spiro atoms. The van der Waals surface area contributed by atoms with Crippen LogP contribution in [0.1, 0.15) is 48.8 Å². The first-order chi connectivity index (χ1) is 11.7. The Morgan fingerprint density at radius 3 is 2.42 bits per heavy atom. The van der Waals surface area contributed by atoms with Crippen LogP contribution in [0.4, 0.5) is 0 Å². The van der Waals surface area contributed by atoms with Crippen molar-refractivity contribution in [1.82, 2.24) is 4.31 Å². The molecule has 3 nitrogen and oxygen atoms in total. The van der Waals surface area contributed by atoms with Gasteiger partial charge in [0.15, 0.2) is 0 Å². The van der Waals surface area contributed by atoms with E-state index >= 15 is 0 Å². The van der Waals surface area contributed by atoms with Crippen LogP contribution in [-0.4, -0.2) is 18.8 Å². The van der Waals surface area contributed by atoms with Gasteiger partial charge in [-0.1, -0.05) is 61.4 Å². The highest BCUT2D eigenvalue weighted by Crippen LogP contribution is 2.60. The minimum atomic E-state index is -3.36. The third kappa shape index (κ3) is 1.84. The minimum absolute atomic E-state index is 0.0262. The molecule has 1 saturated heterocycles. The fourth-order valence-corrected chi connectivity index (χ4v) is 7.44. The molecule has 2 aromatic carbocycles. The highest BCUT2D eigenvalue weighted by molar-refractivity contribution is 7.89. The molecule has 124 valence electrons. The monoisotopic (exact) mass is 339 g/mol. The van der Waals surface area contributed by atoms with Crippen LogP contribution in [0.5, 0.6) is 0 Å². The summed E-state index contributed by atoms with van der Waals surface area (Å²) in [6, 6.07) is 18.3. The van der Waals surface area contributed by atoms with Crippen LogP contribution >= 0.6 is 0 Å². The summed E-state index contributed by atoms with van der Waals surface area (Å²) < 4.78 is 28.3. The van der Waals surface area contributed by atoms with Gasteiger partial charge in [0, 0.05) is 12.0 Å². The largest absolute Gasteiger partial charge is 0.244 e. The Hall–Kier alpha value is -1.65. The van der Waals surface area contributed by atoms with Crippen LogP contribution in [0.3, 0.4) is 0 Å². The molecule has 2 aromatic rings. The maximum absolute atomic E-state index is 13.2. The van der Waals surface area contributed by atoms with Crippen LogP contribution in [-0.2, 0) is 10.0 Å². The molecule has 0 unspecified atom stereocenters. The molecule has 0 aromatic heterocycles. The molecular weight excluding hydrogens is 318 g/mol. The molecule has 0 bridgehead atoms. The van der Waals surface area contributed by atoms with Crippen molar-refractivity contribution >= 4 is 10.0 Å². The first-order valence-electron chi connectivity index (χ1n) is 8.87. The van der Waals surface area contributed by atoms with Crippen molar-refractivity contribution in [3.8, 4) is 0 Å². The Morgan fingerprint density at radius 1 is 0.875 bits per heavy atom. The molecule has 5 rings (SSSR count). The average molecular weight is 339 g/mol. The molecule has 24 heavy (non-hydrogen) atoms. The maximum atomic E-state index is 13.2. The summed E-state index contributed by atoms with van der Waals surface area (Å²) in [5, 5.41) is 0. The molecule has 0 N–H and O–H groups in total. The average Bonchev–Trinajstić information content (AvgIpc) is 3.08. The Labute approximate surface area is 143 Å². The number of hydrogen-bond acceptors (Lipinski definition) is 2. The summed E-state index contributed by atoms with van der Waals surface area (Å²) in [6.07, 6.45) is 4.48. The lowest BCUT2D eigenvalue weighted by molar-refractivity contribution is 0.248. The van der Waals surface area contributed by atoms with E-state index in [1.165, 1.54) is 12.0 Å². The van der Waals surface area contributed by atoms with E-state index in [0.29, 0.717) is 10.8 Å². The summed E-state index contributed by atoms with van der Waals surface area (Å²) in [7, 11) is -3.36. The highest BCUT2D eigenvalue weighted by Gasteiger charge is 2.59. The van der Waals surface area contributed by atoms with Crippen LogP contribution in [0.15, 0.2) is 59.5 Å². The zero-order chi connectivity index (χ0) is 16.3. The lowest BCUT2D eigenvalue weighted by Crippen LogP contribution is -2.37. The summed E-state index contributed by atoms with van der Waals surface area (Å²) in [6.45, 7) is 0. The fraction of sp³-hybridized carbons (Fsp3) is 0.400. The van der Waals surface area contributed by atoms with E-state index in [1.807, 2.05) is 28.6 Å². The molecule has 0 amide bonds. The number of rotatable bonds is 1. The van der Waals surface area contributed by atoms with Crippen LogP contribution in [0.2, 0.25) is 0 Å². The van der Waals surface area contributed by atoms with Gasteiger partial charge < -0.3 is 0 Å². The van der Waals surface area contributed by atoms with E-state index in [-0.39, 0.29) is 18.0 Å². The number of hydrogen-bond donors (Lipinski definition) is 0. The Kier molecular flexibility index (Phi) is 3.16. The second kappa shape index (κ2) is 5.17. The standard InChI is InChI=1S/C20H21NO2S/c22-24(23)18-13-7-5-11-16(18)20-19(14-8-2-1-3-9-14)15-10-4-6-12-17(15)21(20)24/h1-3,5,7-9,11,13,15,17,19-20H,4,6,10,12H2/t15-,17+,19+,20+/m1/s1. The van der Waals surface area contributed by atoms with Gasteiger partial charge in [0.2, 0.25) is 10.0 Å². The normalized spacial score (nSPS) is 33.7. The van der Waals surface area contributed by atoms with Gasteiger partial charge in [0.25, 0.3) is 0 Å². The minimum Gasteiger partial charge on any atom is -0.207 e. The van der Waals surface area contributed by atoms with Gasteiger partial charge in [-0.3, -0.25) is 0 Å².